The van der Waals surface area contributed by atoms with Gasteiger partial charge >= 0.3 is 0 Å². The van der Waals surface area contributed by atoms with Crippen LogP contribution in [0.4, 0.5) is 0 Å². The SMILES string of the molecule is CCCNC(Cc1ccc(Br)cc1)C(CCC)OCC. The normalized spacial score (nSPS) is 14.2. The van der Waals surface area contributed by atoms with Gasteiger partial charge in [-0.25, -0.2) is 0 Å². The molecule has 0 saturated heterocycles. The molecule has 0 aliphatic heterocycles. The predicted molar refractivity (Wildman–Crippen MR) is 90.2 cm³/mol. The van der Waals surface area contributed by atoms with E-state index in [1.807, 2.05) is 0 Å². The highest BCUT2D eigenvalue weighted by Crippen LogP contribution is 2.16. The molecule has 0 aliphatic carbocycles. The summed E-state index contributed by atoms with van der Waals surface area (Å²) in [5, 5.41) is 3.67. The molecule has 1 aromatic rings. The number of benzene rings is 1. The molecule has 0 aromatic heterocycles. The fourth-order valence-corrected chi connectivity index (χ4v) is 2.70. The van der Waals surface area contributed by atoms with Crippen molar-refractivity contribution in [3.8, 4) is 0 Å². The Hall–Kier alpha value is -0.380. The van der Waals surface area contributed by atoms with Gasteiger partial charge in [-0.05, 0) is 50.4 Å². The molecule has 0 fully saturated rings. The van der Waals surface area contributed by atoms with E-state index in [2.05, 4.69) is 66.3 Å². The Labute approximate surface area is 132 Å². The first-order valence-electron chi connectivity index (χ1n) is 7.80. The molecular formula is C17H28BrNO. The molecule has 0 aliphatic rings. The minimum Gasteiger partial charge on any atom is -0.377 e. The summed E-state index contributed by atoms with van der Waals surface area (Å²) in [6.45, 7) is 8.35. The second-order valence-corrected chi connectivity index (χ2v) is 6.09. The van der Waals surface area contributed by atoms with E-state index in [1.165, 1.54) is 5.56 Å². The van der Waals surface area contributed by atoms with Crippen LogP contribution in [0.2, 0.25) is 0 Å². The largest absolute Gasteiger partial charge is 0.377 e. The molecule has 0 amide bonds. The van der Waals surface area contributed by atoms with Crippen LogP contribution in [-0.4, -0.2) is 25.3 Å². The van der Waals surface area contributed by atoms with Gasteiger partial charge in [-0.15, -0.1) is 0 Å². The van der Waals surface area contributed by atoms with Crippen molar-refractivity contribution < 1.29 is 4.74 Å². The molecule has 0 bridgehead atoms. The zero-order valence-corrected chi connectivity index (χ0v) is 14.6. The molecule has 2 unspecified atom stereocenters. The van der Waals surface area contributed by atoms with Crippen LogP contribution in [0.5, 0.6) is 0 Å². The van der Waals surface area contributed by atoms with Gasteiger partial charge in [-0.3, -0.25) is 0 Å². The quantitative estimate of drug-likeness (QED) is 0.673. The molecule has 114 valence electrons. The van der Waals surface area contributed by atoms with Gasteiger partial charge in [0.05, 0.1) is 6.10 Å². The maximum atomic E-state index is 5.97. The number of halogens is 1. The summed E-state index contributed by atoms with van der Waals surface area (Å²) in [6, 6.07) is 9.01. The van der Waals surface area contributed by atoms with Gasteiger partial charge in [0.1, 0.15) is 0 Å². The summed E-state index contributed by atoms with van der Waals surface area (Å²) in [4.78, 5) is 0. The van der Waals surface area contributed by atoms with E-state index >= 15 is 0 Å². The van der Waals surface area contributed by atoms with Crippen molar-refractivity contribution in [2.75, 3.05) is 13.2 Å². The molecular weight excluding hydrogens is 314 g/mol. The molecule has 0 spiro atoms. The maximum Gasteiger partial charge on any atom is 0.0731 e. The van der Waals surface area contributed by atoms with Crippen LogP contribution in [0.1, 0.15) is 45.6 Å². The average Bonchev–Trinajstić information content (AvgIpc) is 2.45. The van der Waals surface area contributed by atoms with Crippen LogP contribution in [-0.2, 0) is 11.2 Å². The number of rotatable bonds is 10. The van der Waals surface area contributed by atoms with Crippen molar-refractivity contribution in [3.05, 3.63) is 34.3 Å². The van der Waals surface area contributed by atoms with Crippen molar-refractivity contribution in [1.82, 2.24) is 5.32 Å². The third-order valence-electron chi connectivity index (χ3n) is 3.43. The standard InChI is InChI=1S/C17H28BrNO/c1-4-7-17(20-6-3)16(19-12-5-2)13-14-8-10-15(18)11-9-14/h8-11,16-17,19H,4-7,12-13H2,1-3H3. The van der Waals surface area contributed by atoms with Gasteiger partial charge in [0, 0.05) is 17.1 Å². The first-order valence-corrected chi connectivity index (χ1v) is 8.59. The lowest BCUT2D eigenvalue weighted by Gasteiger charge is -2.28. The second-order valence-electron chi connectivity index (χ2n) is 5.17. The fraction of sp³-hybridized carbons (Fsp3) is 0.647. The summed E-state index contributed by atoms with van der Waals surface area (Å²) < 4.78 is 7.10. The van der Waals surface area contributed by atoms with E-state index in [1.54, 1.807) is 0 Å². The van der Waals surface area contributed by atoms with Crippen LogP contribution in [0.15, 0.2) is 28.7 Å². The molecule has 0 heterocycles. The smallest absolute Gasteiger partial charge is 0.0731 e. The lowest BCUT2D eigenvalue weighted by atomic mass is 9.98. The summed E-state index contributed by atoms with van der Waals surface area (Å²) in [5.74, 6) is 0. The van der Waals surface area contributed by atoms with E-state index in [4.69, 9.17) is 4.74 Å². The van der Waals surface area contributed by atoms with Gasteiger partial charge in [0.15, 0.2) is 0 Å². The van der Waals surface area contributed by atoms with E-state index in [-0.39, 0.29) is 0 Å². The third-order valence-corrected chi connectivity index (χ3v) is 3.96. The zero-order chi connectivity index (χ0) is 14.8. The topological polar surface area (TPSA) is 21.3 Å². The number of hydrogen-bond donors (Lipinski definition) is 1. The van der Waals surface area contributed by atoms with Crippen molar-refractivity contribution >= 4 is 15.9 Å². The molecule has 1 aromatic carbocycles. The molecule has 20 heavy (non-hydrogen) atoms. The summed E-state index contributed by atoms with van der Waals surface area (Å²) in [5.41, 5.74) is 1.36. The van der Waals surface area contributed by atoms with Crippen LogP contribution in [0, 0.1) is 0 Å². The highest BCUT2D eigenvalue weighted by atomic mass is 79.9. The molecule has 2 nitrogen and oxygen atoms in total. The molecule has 0 saturated carbocycles. The van der Waals surface area contributed by atoms with Crippen molar-refractivity contribution in [2.24, 2.45) is 0 Å². The van der Waals surface area contributed by atoms with Crippen molar-refractivity contribution in [3.63, 3.8) is 0 Å². The van der Waals surface area contributed by atoms with Gasteiger partial charge in [-0.1, -0.05) is 48.3 Å². The third kappa shape index (κ3) is 6.38. The first-order chi connectivity index (χ1) is 9.71. The Morgan fingerprint density at radius 2 is 1.80 bits per heavy atom. The summed E-state index contributed by atoms with van der Waals surface area (Å²) in [7, 11) is 0. The Morgan fingerprint density at radius 1 is 1.10 bits per heavy atom. The summed E-state index contributed by atoms with van der Waals surface area (Å²) >= 11 is 3.49. The monoisotopic (exact) mass is 341 g/mol. The van der Waals surface area contributed by atoms with Gasteiger partial charge < -0.3 is 10.1 Å². The van der Waals surface area contributed by atoms with Crippen LogP contribution in [0.3, 0.4) is 0 Å². The van der Waals surface area contributed by atoms with Crippen LogP contribution in [0.25, 0.3) is 0 Å². The Balaban J connectivity index is 2.72. The van der Waals surface area contributed by atoms with Crippen molar-refractivity contribution in [1.29, 1.82) is 0 Å². The minimum absolute atomic E-state index is 0.306. The van der Waals surface area contributed by atoms with Gasteiger partial charge in [0.2, 0.25) is 0 Å². The fourth-order valence-electron chi connectivity index (χ4n) is 2.44. The second kappa shape index (κ2) is 10.4. The number of hydrogen-bond acceptors (Lipinski definition) is 2. The van der Waals surface area contributed by atoms with Crippen molar-refractivity contribution in [2.45, 2.75) is 58.6 Å². The van der Waals surface area contributed by atoms with E-state index in [9.17, 15) is 0 Å². The predicted octanol–water partition coefficient (Wildman–Crippen LogP) is 4.57. The Bertz CT molecular complexity index is 347. The highest BCUT2D eigenvalue weighted by Gasteiger charge is 2.20. The van der Waals surface area contributed by atoms with Crippen LogP contribution < -0.4 is 5.32 Å². The molecule has 2 atom stereocenters. The van der Waals surface area contributed by atoms with E-state index in [0.717, 1.165) is 43.3 Å². The molecule has 0 radical (unpaired) electrons. The molecule has 1 rings (SSSR count). The van der Waals surface area contributed by atoms with E-state index < -0.39 is 0 Å². The number of nitrogens with one attached hydrogen (secondary N) is 1. The lowest BCUT2D eigenvalue weighted by Crippen LogP contribution is -2.43. The van der Waals surface area contributed by atoms with Gasteiger partial charge in [0.25, 0.3) is 0 Å². The molecule has 3 heteroatoms. The van der Waals surface area contributed by atoms with E-state index in [0.29, 0.717) is 12.1 Å². The first kappa shape index (κ1) is 17.7. The lowest BCUT2D eigenvalue weighted by molar-refractivity contribution is 0.0282. The zero-order valence-electron chi connectivity index (χ0n) is 13.0. The molecule has 1 N–H and O–H groups in total. The summed E-state index contributed by atoms with van der Waals surface area (Å²) in [6.07, 6.45) is 4.76. The Kier molecular flexibility index (Phi) is 9.16. The average molecular weight is 342 g/mol. The Morgan fingerprint density at radius 3 is 2.35 bits per heavy atom. The van der Waals surface area contributed by atoms with Crippen LogP contribution >= 0.6 is 15.9 Å². The highest BCUT2D eigenvalue weighted by molar-refractivity contribution is 9.10. The number of ether oxygens (including phenoxy) is 1. The maximum absolute atomic E-state index is 5.97. The minimum atomic E-state index is 0.306. The van der Waals surface area contributed by atoms with Gasteiger partial charge in [-0.2, -0.15) is 0 Å².